The van der Waals surface area contributed by atoms with Gasteiger partial charge in [-0.15, -0.1) is 0 Å². The number of aromatic nitrogens is 2. The van der Waals surface area contributed by atoms with Crippen LogP contribution in [-0.4, -0.2) is 16.1 Å². The molecule has 9 heteroatoms. The number of amides is 1. The molecule has 7 nitrogen and oxygen atoms in total. The van der Waals surface area contributed by atoms with Crippen LogP contribution in [0.1, 0.15) is 10.5 Å². The molecule has 0 radical (unpaired) electrons. The van der Waals surface area contributed by atoms with Gasteiger partial charge in [0.15, 0.2) is 11.6 Å². The van der Waals surface area contributed by atoms with Crippen molar-refractivity contribution in [3.63, 3.8) is 0 Å². The summed E-state index contributed by atoms with van der Waals surface area (Å²) in [5, 5.41) is 13.0. The number of nitrogens with zero attached hydrogens (tertiary/aromatic N) is 2. The molecule has 2 aromatic heterocycles. The number of halogens is 2. The van der Waals surface area contributed by atoms with Crippen LogP contribution >= 0.6 is 0 Å². The number of nitrogen functional groups attached to an aromatic ring is 1. The Bertz CT molecular complexity index is 1300. The number of nitrogens with two attached hydrogens (primary N) is 1. The van der Waals surface area contributed by atoms with Crippen LogP contribution in [0.4, 0.5) is 20.3 Å². The second-order valence-electron chi connectivity index (χ2n) is 6.73. The molecule has 0 bridgehead atoms. The van der Waals surface area contributed by atoms with E-state index in [1.807, 2.05) is 0 Å². The van der Waals surface area contributed by atoms with E-state index in [0.717, 1.165) is 6.07 Å². The summed E-state index contributed by atoms with van der Waals surface area (Å²) >= 11 is 0. The fourth-order valence-corrected chi connectivity index (χ4v) is 2.99. The van der Waals surface area contributed by atoms with Crippen LogP contribution in [0.5, 0.6) is 11.5 Å². The zero-order chi connectivity index (χ0) is 22.7. The van der Waals surface area contributed by atoms with Crippen molar-refractivity contribution in [2.45, 2.75) is 0 Å². The standard InChI is InChI=1S/C23H16F2N4O3/c24-15-6-4-14(5-7-15)19-2-1-3-20(29(19)31)23(30)28-16-8-9-21(18(25)12-16)32-17-10-11-27-22(26)13-17/h1-13H,(H3-,26,27,28,30,31)/p+1. The number of rotatable bonds is 5. The van der Waals surface area contributed by atoms with Gasteiger partial charge < -0.3 is 15.8 Å². The maximum atomic E-state index is 14.5. The lowest BCUT2D eigenvalue weighted by Crippen LogP contribution is -2.41. The Balaban J connectivity index is 1.53. The first kappa shape index (κ1) is 20.7. The van der Waals surface area contributed by atoms with Crippen LogP contribution in [0.2, 0.25) is 0 Å². The predicted octanol–water partition coefficient (Wildman–Crippen LogP) is 4.18. The average Bonchev–Trinajstić information content (AvgIpc) is 2.76. The quantitative estimate of drug-likeness (QED) is 0.323. The van der Waals surface area contributed by atoms with Gasteiger partial charge in [-0.2, -0.15) is 0 Å². The van der Waals surface area contributed by atoms with Gasteiger partial charge in [0.2, 0.25) is 0 Å². The number of pyridine rings is 2. The van der Waals surface area contributed by atoms with E-state index in [1.165, 1.54) is 60.8 Å². The smallest absolute Gasteiger partial charge is 0.325 e. The van der Waals surface area contributed by atoms with Crippen molar-refractivity contribution in [3.05, 3.63) is 96.3 Å². The molecule has 4 N–H and O–H groups in total. The maximum absolute atomic E-state index is 14.5. The fraction of sp³-hybridized carbons (Fsp3) is 0. The zero-order valence-corrected chi connectivity index (χ0v) is 16.5. The summed E-state index contributed by atoms with van der Waals surface area (Å²) in [6.45, 7) is 0. The van der Waals surface area contributed by atoms with Crippen molar-refractivity contribution >= 4 is 17.4 Å². The molecule has 160 valence electrons. The molecular weight excluding hydrogens is 418 g/mol. The largest absolute Gasteiger partial charge is 0.454 e. The second kappa shape index (κ2) is 8.68. The minimum absolute atomic E-state index is 0.0656. The summed E-state index contributed by atoms with van der Waals surface area (Å²) in [5.74, 6) is -1.33. The van der Waals surface area contributed by atoms with Crippen molar-refractivity contribution in [2.24, 2.45) is 0 Å². The van der Waals surface area contributed by atoms with E-state index in [9.17, 15) is 18.8 Å². The molecule has 4 rings (SSSR count). The van der Waals surface area contributed by atoms with Gasteiger partial charge in [-0.25, -0.2) is 13.8 Å². The van der Waals surface area contributed by atoms with E-state index in [-0.39, 0.29) is 28.6 Å². The number of nitrogens with one attached hydrogen (secondary N) is 1. The maximum Gasteiger partial charge on any atom is 0.325 e. The third-order valence-corrected chi connectivity index (χ3v) is 4.51. The van der Waals surface area contributed by atoms with Crippen LogP contribution in [0, 0.1) is 11.6 Å². The summed E-state index contributed by atoms with van der Waals surface area (Å²) in [4.78, 5) is 16.5. The van der Waals surface area contributed by atoms with Crippen molar-refractivity contribution in [1.29, 1.82) is 0 Å². The minimum Gasteiger partial charge on any atom is -0.454 e. The normalized spacial score (nSPS) is 10.6. The molecule has 2 aromatic carbocycles. The highest BCUT2D eigenvalue weighted by molar-refractivity contribution is 6.02. The predicted molar refractivity (Wildman–Crippen MR) is 112 cm³/mol. The zero-order valence-electron chi connectivity index (χ0n) is 16.5. The van der Waals surface area contributed by atoms with E-state index in [1.54, 1.807) is 12.1 Å². The van der Waals surface area contributed by atoms with E-state index >= 15 is 0 Å². The summed E-state index contributed by atoms with van der Waals surface area (Å²) in [5.41, 5.74) is 6.43. The molecule has 2 heterocycles. The fourth-order valence-electron chi connectivity index (χ4n) is 2.99. The molecule has 0 saturated heterocycles. The van der Waals surface area contributed by atoms with Crippen LogP contribution in [-0.2, 0) is 0 Å². The molecule has 0 aliphatic carbocycles. The second-order valence-corrected chi connectivity index (χ2v) is 6.73. The Morgan fingerprint density at radius 1 is 1.03 bits per heavy atom. The Kier molecular flexibility index (Phi) is 5.63. The molecule has 0 saturated carbocycles. The molecule has 0 aliphatic rings. The lowest BCUT2D eigenvalue weighted by molar-refractivity contribution is -0.897. The summed E-state index contributed by atoms with van der Waals surface area (Å²) < 4.78 is 33.8. The first-order valence-corrected chi connectivity index (χ1v) is 9.41. The molecule has 32 heavy (non-hydrogen) atoms. The van der Waals surface area contributed by atoms with Gasteiger partial charge in [0.25, 0.3) is 5.69 Å². The van der Waals surface area contributed by atoms with E-state index in [0.29, 0.717) is 16.0 Å². The molecule has 0 aliphatic heterocycles. The molecule has 0 fully saturated rings. The number of benzene rings is 2. The Morgan fingerprint density at radius 2 is 1.81 bits per heavy atom. The van der Waals surface area contributed by atoms with Crippen LogP contribution in [0.25, 0.3) is 11.3 Å². The number of anilines is 2. The summed E-state index contributed by atoms with van der Waals surface area (Å²) in [7, 11) is 0. The van der Waals surface area contributed by atoms with Gasteiger partial charge in [0.1, 0.15) is 17.4 Å². The van der Waals surface area contributed by atoms with Gasteiger partial charge in [0, 0.05) is 40.9 Å². The highest BCUT2D eigenvalue weighted by Crippen LogP contribution is 2.27. The summed E-state index contributed by atoms with van der Waals surface area (Å²) in [6, 6.07) is 16.8. The van der Waals surface area contributed by atoms with Crippen molar-refractivity contribution in [3.8, 4) is 22.8 Å². The molecular formula is C23H17F2N4O3+. The number of carbonyl (C=O) groups is 1. The third kappa shape index (κ3) is 4.46. The average molecular weight is 435 g/mol. The lowest BCUT2D eigenvalue weighted by Gasteiger charge is -2.09. The van der Waals surface area contributed by atoms with Crippen molar-refractivity contribution in [1.82, 2.24) is 4.98 Å². The van der Waals surface area contributed by atoms with Gasteiger partial charge in [-0.1, -0.05) is 0 Å². The molecule has 0 atom stereocenters. The van der Waals surface area contributed by atoms with Crippen molar-refractivity contribution in [2.75, 3.05) is 11.1 Å². The SMILES string of the molecule is Nc1cc(Oc2ccc(NC(=O)c3cccc(-c4ccc(F)cc4)[n+]3O)cc2F)ccn1. The highest BCUT2D eigenvalue weighted by Gasteiger charge is 2.25. The minimum atomic E-state index is -0.713. The molecule has 0 spiro atoms. The summed E-state index contributed by atoms with van der Waals surface area (Å²) in [6.07, 6.45) is 1.43. The van der Waals surface area contributed by atoms with Crippen LogP contribution in [0.15, 0.2) is 79.0 Å². The Labute approximate surface area is 181 Å². The third-order valence-electron chi connectivity index (χ3n) is 4.51. The topological polar surface area (TPSA) is 101 Å². The number of ether oxygens (including phenoxy) is 1. The Hall–Kier alpha value is -4.53. The lowest BCUT2D eigenvalue weighted by atomic mass is 10.1. The first-order valence-electron chi connectivity index (χ1n) is 9.41. The molecule has 0 unspecified atom stereocenters. The molecule has 4 aromatic rings. The van der Waals surface area contributed by atoms with Crippen LogP contribution < -0.4 is 20.5 Å². The highest BCUT2D eigenvalue weighted by atomic mass is 19.1. The van der Waals surface area contributed by atoms with Gasteiger partial charge in [-0.05, 0) is 48.5 Å². The van der Waals surface area contributed by atoms with E-state index in [4.69, 9.17) is 10.5 Å². The number of hydrogen-bond donors (Lipinski definition) is 3. The van der Waals surface area contributed by atoms with Crippen LogP contribution in [0.3, 0.4) is 0 Å². The monoisotopic (exact) mass is 435 g/mol. The Morgan fingerprint density at radius 3 is 2.53 bits per heavy atom. The van der Waals surface area contributed by atoms with E-state index in [2.05, 4.69) is 10.3 Å². The molecule has 1 amide bonds. The van der Waals surface area contributed by atoms with E-state index < -0.39 is 17.5 Å². The van der Waals surface area contributed by atoms with Crippen molar-refractivity contribution < 1.29 is 28.2 Å². The van der Waals surface area contributed by atoms with Gasteiger partial charge >= 0.3 is 11.6 Å². The van der Waals surface area contributed by atoms with Gasteiger partial charge in [0.05, 0.1) is 5.56 Å². The number of hydrogen-bond acceptors (Lipinski definition) is 5. The number of carbonyl (C=O) groups excluding carboxylic acids is 1. The first-order chi connectivity index (χ1) is 15.4. The van der Waals surface area contributed by atoms with Gasteiger partial charge in [-0.3, -0.25) is 10.0 Å².